The van der Waals surface area contributed by atoms with E-state index in [2.05, 4.69) is 4.90 Å². The van der Waals surface area contributed by atoms with Crippen molar-refractivity contribution in [2.75, 3.05) is 19.6 Å². The van der Waals surface area contributed by atoms with E-state index in [1.807, 2.05) is 60.7 Å². The first-order chi connectivity index (χ1) is 14.2. The average molecular weight is 407 g/mol. The van der Waals surface area contributed by atoms with Gasteiger partial charge in [0.25, 0.3) is 11.8 Å². The Labute approximate surface area is 176 Å². The molecule has 1 fully saturated rings. The van der Waals surface area contributed by atoms with Crippen LogP contribution in [0.5, 0.6) is 0 Å². The molecule has 0 radical (unpaired) electrons. The molecule has 0 atom stereocenters. The summed E-state index contributed by atoms with van der Waals surface area (Å²) in [6.07, 6.45) is 5.18. The van der Waals surface area contributed by atoms with Crippen molar-refractivity contribution in [2.45, 2.75) is 37.0 Å². The molecule has 4 rings (SSSR count). The number of nitrogens with zero attached hydrogens (tertiary/aromatic N) is 2. The van der Waals surface area contributed by atoms with Crippen molar-refractivity contribution in [3.8, 4) is 0 Å². The second-order valence-electron chi connectivity index (χ2n) is 7.49. The molecule has 2 amide bonds. The number of benzene rings is 2. The number of carbonyl (C=O) groups is 2. The van der Waals surface area contributed by atoms with Gasteiger partial charge in [-0.2, -0.15) is 0 Å². The summed E-state index contributed by atoms with van der Waals surface area (Å²) in [7, 11) is 0. The summed E-state index contributed by atoms with van der Waals surface area (Å²) in [5.74, 6) is -0.287. The molecule has 0 aliphatic carbocycles. The highest BCUT2D eigenvalue weighted by Crippen LogP contribution is 2.37. The Morgan fingerprint density at radius 1 is 0.759 bits per heavy atom. The van der Waals surface area contributed by atoms with E-state index in [1.165, 1.54) is 29.5 Å². The van der Waals surface area contributed by atoms with Crippen LogP contribution in [-0.2, 0) is 16.0 Å². The molecule has 4 nitrogen and oxygen atoms in total. The van der Waals surface area contributed by atoms with Gasteiger partial charge < -0.3 is 4.90 Å². The predicted molar refractivity (Wildman–Crippen MR) is 116 cm³/mol. The Morgan fingerprint density at radius 2 is 1.38 bits per heavy atom. The van der Waals surface area contributed by atoms with Gasteiger partial charge >= 0.3 is 0 Å². The Kier molecular flexibility index (Phi) is 6.35. The first-order valence-corrected chi connectivity index (χ1v) is 11.2. The third kappa shape index (κ3) is 4.56. The van der Waals surface area contributed by atoms with Gasteiger partial charge in [0.15, 0.2) is 0 Å². The van der Waals surface area contributed by atoms with Crippen molar-refractivity contribution in [1.82, 2.24) is 9.80 Å². The number of rotatable bonds is 6. The topological polar surface area (TPSA) is 40.6 Å². The molecule has 1 saturated heterocycles. The van der Waals surface area contributed by atoms with Crippen molar-refractivity contribution in [3.63, 3.8) is 0 Å². The van der Waals surface area contributed by atoms with Crippen LogP contribution in [0.3, 0.4) is 0 Å². The summed E-state index contributed by atoms with van der Waals surface area (Å²) in [5.41, 5.74) is 1.74. The molecular weight excluding hydrogens is 380 g/mol. The molecule has 5 heteroatoms. The first kappa shape index (κ1) is 19.8. The van der Waals surface area contributed by atoms with Crippen LogP contribution >= 0.6 is 11.8 Å². The van der Waals surface area contributed by atoms with Crippen molar-refractivity contribution in [1.29, 1.82) is 0 Å². The molecule has 2 aliphatic rings. The van der Waals surface area contributed by atoms with Gasteiger partial charge in [0.2, 0.25) is 0 Å². The second-order valence-corrected chi connectivity index (χ2v) is 8.58. The minimum Gasteiger partial charge on any atom is -0.366 e. The maximum absolute atomic E-state index is 13.3. The van der Waals surface area contributed by atoms with Gasteiger partial charge in [0.1, 0.15) is 10.6 Å². The normalized spacial score (nSPS) is 17.8. The molecule has 0 unspecified atom stereocenters. The minimum atomic E-state index is -0.154. The average Bonchev–Trinajstić information content (AvgIpc) is 2.93. The summed E-state index contributed by atoms with van der Waals surface area (Å²) in [6, 6.07) is 19.9. The number of hydrogen-bond acceptors (Lipinski definition) is 4. The Hall–Kier alpha value is -2.53. The summed E-state index contributed by atoms with van der Waals surface area (Å²) in [4.78, 5) is 31.8. The minimum absolute atomic E-state index is 0.133. The van der Waals surface area contributed by atoms with E-state index in [0.29, 0.717) is 23.6 Å². The van der Waals surface area contributed by atoms with E-state index in [9.17, 15) is 9.59 Å². The number of hydrogen-bond donors (Lipinski definition) is 0. The third-order valence-corrected chi connectivity index (χ3v) is 6.53. The maximum Gasteiger partial charge on any atom is 0.278 e. The fourth-order valence-corrected chi connectivity index (χ4v) is 4.94. The lowest BCUT2D eigenvalue weighted by molar-refractivity contribution is -0.137. The van der Waals surface area contributed by atoms with Crippen LogP contribution in [-0.4, -0.2) is 41.2 Å². The van der Waals surface area contributed by atoms with Crippen molar-refractivity contribution < 1.29 is 9.59 Å². The standard InChI is InChI=1S/C24H26N2O2S/c27-23-21(25-16-9-1-2-10-17-25)22(29-20-13-7-4-8-14-20)24(28)26(23)18-15-19-11-5-3-6-12-19/h3-8,11-14H,1-2,9-10,15-18H2. The van der Waals surface area contributed by atoms with E-state index in [0.717, 1.165) is 36.4 Å². The molecule has 150 valence electrons. The van der Waals surface area contributed by atoms with Gasteiger partial charge in [-0.1, -0.05) is 73.1 Å². The fourth-order valence-electron chi connectivity index (χ4n) is 3.90. The van der Waals surface area contributed by atoms with Crippen LogP contribution in [0.15, 0.2) is 76.2 Å². The van der Waals surface area contributed by atoms with Gasteiger partial charge in [-0.15, -0.1) is 0 Å². The summed E-state index contributed by atoms with van der Waals surface area (Å²) >= 11 is 1.42. The van der Waals surface area contributed by atoms with Crippen LogP contribution < -0.4 is 0 Å². The summed E-state index contributed by atoms with van der Waals surface area (Å²) in [5, 5.41) is 0. The van der Waals surface area contributed by atoms with Gasteiger partial charge in [-0.25, -0.2) is 0 Å². The Morgan fingerprint density at radius 3 is 2.03 bits per heavy atom. The first-order valence-electron chi connectivity index (χ1n) is 10.4. The molecule has 2 aliphatic heterocycles. The highest BCUT2D eigenvalue weighted by atomic mass is 32.2. The zero-order valence-electron chi connectivity index (χ0n) is 16.5. The van der Waals surface area contributed by atoms with Gasteiger partial charge in [-0.3, -0.25) is 14.5 Å². The number of thioether (sulfide) groups is 1. The summed E-state index contributed by atoms with van der Waals surface area (Å²) < 4.78 is 0. The molecule has 0 N–H and O–H groups in total. The lowest BCUT2D eigenvalue weighted by atomic mass is 10.1. The van der Waals surface area contributed by atoms with Crippen LogP contribution in [0.25, 0.3) is 0 Å². The molecule has 0 saturated carbocycles. The molecule has 0 spiro atoms. The van der Waals surface area contributed by atoms with Crippen LogP contribution in [0, 0.1) is 0 Å². The van der Waals surface area contributed by atoms with E-state index in [4.69, 9.17) is 0 Å². The maximum atomic E-state index is 13.3. The van der Waals surface area contributed by atoms with Gasteiger partial charge in [0, 0.05) is 24.5 Å². The van der Waals surface area contributed by atoms with Crippen LogP contribution in [0.2, 0.25) is 0 Å². The number of imide groups is 1. The third-order valence-electron chi connectivity index (χ3n) is 5.45. The highest BCUT2D eigenvalue weighted by molar-refractivity contribution is 8.04. The lowest BCUT2D eigenvalue weighted by Crippen LogP contribution is -2.36. The fraction of sp³-hybridized carbons (Fsp3) is 0.333. The van der Waals surface area contributed by atoms with Gasteiger partial charge in [0.05, 0.1) is 0 Å². The highest BCUT2D eigenvalue weighted by Gasteiger charge is 2.41. The SMILES string of the molecule is O=C1C(Sc2ccccc2)=C(N2CCCCCC2)C(=O)N1CCc1ccccc1. The largest absolute Gasteiger partial charge is 0.366 e. The summed E-state index contributed by atoms with van der Waals surface area (Å²) in [6.45, 7) is 2.11. The van der Waals surface area contributed by atoms with Crippen molar-refractivity contribution >= 4 is 23.6 Å². The lowest BCUT2D eigenvalue weighted by Gasteiger charge is -2.24. The molecule has 2 heterocycles. The quantitative estimate of drug-likeness (QED) is 0.664. The van der Waals surface area contributed by atoms with Crippen LogP contribution in [0.4, 0.5) is 0 Å². The van der Waals surface area contributed by atoms with Gasteiger partial charge in [-0.05, 0) is 37.0 Å². The monoisotopic (exact) mass is 406 g/mol. The smallest absolute Gasteiger partial charge is 0.278 e. The zero-order valence-corrected chi connectivity index (χ0v) is 17.4. The predicted octanol–water partition coefficient (Wildman–Crippen LogP) is 4.48. The molecule has 2 aromatic carbocycles. The van der Waals surface area contributed by atoms with Crippen molar-refractivity contribution in [3.05, 3.63) is 76.8 Å². The molecular formula is C24H26N2O2S. The zero-order chi connectivity index (χ0) is 20.1. The van der Waals surface area contributed by atoms with E-state index in [1.54, 1.807) is 0 Å². The van der Waals surface area contributed by atoms with E-state index < -0.39 is 0 Å². The molecule has 29 heavy (non-hydrogen) atoms. The number of likely N-dealkylation sites (tertiary alicyclic amines) is 1. The van der Waals surface area contributed by atoms with E-state index in [-0.39, 0.29) is 11.8 Å². The Bertz CT molecular complexity index is 888. The van der Waals surface area contributed by atoms with E-state index >= 15 is 0 Å². The number of amides is 2. The second kappa shape index (κ2) is 9.31. The Balaban J connectivity index is 1.60. The molecule has 0 aromatic heterocycles. The van der Waals surface area contributed by atoms with Crippen molar-refractivity contribution in [2.24, 2.45) is 0 Å². The van der Waals surface area contributed by atoms with Crippen LogP contribution in [0.1, 0.15) is 31.2 Å². The molecule has 0 bridgehead atoms. The number of carbonyl (C=O) groups excluding carboxylic acids is 2. The molecule has 2 aromatic rings.